The van der Waals surface area contributed by atoms with Crippen LogP contribution < -0.4 is 11.1 Å². The van der Waals surface area contributed by atoms with Gasteiger partial charge in [0, 0.05) is 25.8 Å². The van der Waals surface area contributed by atoms with Crippen LogP contribution in [0, 0.1) is 5.92 Å². The molecule has 0 spiro atoms. The molecule has 1 aromatic carbocycles. The minimum absolute atomic E-state index is 0.0542. The summed E-state index contributed by atoms with van der Waals surface area (Å²) in [5.41, 5.74) is 6.38. The predicted octanol–water partition coefficient (Wildman–Crippen LogP) is 2.95. The van der Waals surface area contributed by atoms with Crippen molar-refractivity contribution in [3.63, 3.8) is 0 Å². The number of amides is 1. The molecule has 3 N–H and O–H groups in total. The van der Waals surface area contributed by atoms with Crippen molar-refractivity contribution in [3.8, 4) is 0 Å². The molecule has 0 aromatic heterocycles. The van der Waals surface area contributed by atoms with E-state index in [1.165, 1.54) is 0 Å². The summed E-state index contributed by atoms with van der Waals surface area (Å²) in [7, 11) is -1.62. The average Bonchev–Trinajstić information content (AvgIpc) is 3.27. The number of carbonyl (C=O) groups is 2. The van der Waals surface area contributed by atoms with Crippen molar-refractivity contribution >= 4 is 36.8 Å². The summed E-state index contributed by atoms with van der Waals surface area (Å²) in [4.78, 5) is 25.5. The smallest absolute Gasteiger partial charge is 0.370 e. The van der Waals surface area contributed by atoms with Crippen LogP contribution in [-0.4, -0.2) is 69.2 Å². The lowest BCUT2D eigenvalue weighted by Crippen LogP contribution is -2.43. The third-order valence-corrected chi connectivity index (χ3v) is 8.19. The Labute approximate surface area is 209 Å². The third kappa shape index (κ3) is 5.99. The van der Waals surface area contributed by atoms with Crippen LogP contribution in [0.2, 0.25) is 5.02 Å². The van der Waals surface area contributed by atoms with Crippen molar-refractivity contribution in [2.75, 3.05) is 33.2 Å². The van der Waals surface area contributed by atoms with Crippen LogP contribution >= 0.6 is 19.2 Å². The van der Waals surface area contributed by atoms with E-state index in [2.05, 4.69) is 5.32 Å². The predicted molar refractivity (Wildman–Crippen MR) is 127 cm³/mol. The molecule has 1 aliphatic heterocycles. The van der Waals surface area contributed by atoms with Gasteiger partial charge in [-0.15, -0.1) is 0 Å². The molecule has 1 saturated carbocycles. The van der Waals surface area contributed by atoms with E-state index in [0.29, 0.717) is 6.42 Å². The fraction of sp³-hybridized carbons (Fsp3) is 0.636. The minimum atomic E-state index is -3.94. The van der Waals surface area contributed by atoms with Crippen LogP contribution in [0.1, 0.15) is 37.6 Å². The Kier molecular flexibility index (Phi) is 8.86. The maximum absolute atomic E-state index is 13.0. The van der Waals surface area contributed by atoms with Crippen LogP contribution in [0.5, 0.6) is 0 Å². The van der Waals surface area contributed by atoms with E-state index in [9.17, 15) is 14.2 Å². The number of nitrogen functional groups attached to an aromatic ring is 1. The number of nitrogens with one attached hydrogen (secondary N) is 1. The molecule has 0 radical (unpaired) electrons. The number of fused-ring (bicyclic) bond motifs is 1. The number of nitrogens with two attached hydrogens (primary N) is 1. The first-order chi connectivity index (χ1) is 16.5. The number of halogens is 1. The molecular weight excluding hydrogens is 503 g/mol. The van der Waals surface area contributed by atoms with E-state index < -0.39 is 49.4 Å². The van der Waals surface area contributed by atoms with Crippen LogP contribution in [0.3, 0.4) is 0 Å². The zero-order chi connectivity index (χ0) is 26.0. The number of carbonyl (C=O) groups excluding carboxylic acids is 2. The van der Waals surface area contributed by atoms with E-state index in [0.717, 1.165) is 14.2 Å². The summed E-state index contributed by atoms with van der Waals surface area (Å²) < 4.78 is 45.8. The Morgan fingerprint density at radius 1 is 1.26 bits per heavy atom. The van der Waals surface area contributed by atoms with Gasteiger partial charge in [-0.1, -0.05) is 17.7 Å². The van der Waals surface area contributed by atoms with E-state index in [-0.39, 0.29) is 35.4 Å². The van der Waals surface area contributed by atoms with E-state index in [1.807, 2.05) is 0 Å². The second-order valence-corrected chi connectivity index (χ2v) is 11.4. The summed E-state index contributed by atoms with van der Waals surface area (Å²) in [6.45, 7) is 5.15. The number of esters is 1. The molecule has 5 atom stereocenters. The minimum Gasteiger partial charge on any atom is -0.464 e. The third-order valence-electron chi connectivity index (χ3n) is 5.92. The second-order valence-electron chi connectivity index (χ2n) is 8.69. The lowest BCUT2D eigenvalue weighted by molar-refractivity contribution is -0.164. The number of benzene rings is 1. The summed E-state index contributed by atoms with van der Waals surface area (Å²) in [5, 5.41) is 3.17. The molecule has 0 bridgehead atoms. The molecule has 3 rings (SSSR count). The highest BCUT2D eigenvalue weighted by Gasteiger charge is 2.55. The van der Waals surface area contributed by atoms with Gasteiger partial charge in [-0.05, 0) is 39.3 Å². The van der Waals surface area contributed by atoms with Crippen molar-refractivity contribution in [1.82, 2.24) is 5.32 Å². The highest BCUT2D eigenvalue weighted by Crippen LogP contribution is 2.53. The molecule has 196 valence electrons. The van der Waals surface area contributed by atoms with Gasteiger partial charge >= 0.3 is 13.6 Å². The van der Waals surface area contributed by atoms with Gasteiger partial charge < -0.3 is 39.0 Å². The molecule has 1 aliphatic carbocycles. The van der Waals surface area contributed by atoms with Gasteiger partial charge in [-0.2, -0.15) is 0 Å². The highest BCUT2D eigenvalue weighted by atomic mass is 35.5. The fourth-order valence-electron chi connectivity index (χ4n) is 4.39. The van der Waals surface area contributed by atoms with Gasteiger partial charge in [0.1, 0.15) is 6.10 Å². The second kappa shape index (κ2) is 11.1. The fourth-order valence-corrected chi connectivity index (χ4v) is 5.80. The lowest BCUT2D eigenvalue weighted by atomic mass is 10.1. The Morgan fingerprint density at radius 3 is 2.51 bits per heavy atom. The SMILES string of the molecule is CCOC(=O)C(OCC1CC(NC(=O)c2c(N)cccc2Cl)C2OC(C)(C)OC12)P(=O)(OC)OC. The zero-order valence-corrected chi connectivity index (χ0v) is 22.0. The number of hydrogen-bond donors (Lipinski definition) is 2. The molecule has 1 aromatic rings. The van der Waals surface area contributed by atoms with Gasteiger partial charge in [0.25, 0.3) is 11.8 Å². The molecule has 11 nitrogen and oxygen atoms in total. The van der Waals surface area contributed by atoms with Gasteiger partial charge in [0.15, 0.2) is 5.79 Å². The summed E-state index contributed by atoms with van der Waals surface area (Å²) in [5.74, 6) is -4.12. The number of anilines is 1. The van der Waals surface area contributed by atoms with Crippen molar-refractivity contribution < 1.29 is 42.1 Å². The maximum atomic E-state index is 13.0. The lowest BCUT2D eigenvalue weighted by Gasteiger charge is -2.26. The monoisotopic (exact) mass is 534 g/mol. The van der Waals surface area contributed by atoms with Crippen molar-refractivity contribution in [2.24, 2.45) is 5.92 Å². The first-order valence-electron chi connectivity index (χ1n) is 11.2. The van der Waals surface area contributed by atoms with Gasteiger partial charge in [-0.3, -0.25) is 9.36 Å². The van der Waals surface area contributed by atoms with Gasteiger partial charge in [-0.25, -0.2) is 4.79 Å². The Bertz CT molecular complexity index is 963. The first-order valence-corrected chi connectivity index (χ1v) is 13.1. The standard InChI is InChI=1S/C22H32ClN2O9P/c1-6-31-20(27)21(35(28,29-4)30-5)32-11-12-10-15(18-17(12)33-22(2,3)34-18)25-19(26)16-13(23)8-7-9-14(16)24/h7-9,12,15,17-18,21H,6,10-11,24H2,1-5H3,(H,25,26). The number of ether oxygens (including phenoxy) is 4. The molecular formula is C22H32ClN2O9P. The van der Waals surface area contributed by atoms with Crippen molar-refractivity contribution in [3.05, 3.63) is 28.8 Å². The topological polar surface area (TPSA) is 145 Å². The number of rotatable bonds is 10. The van der Waals surface area contributed by atoms with E-state index in [1.54, 1.807) is 39.0 Å². The van der Waals surface area contributed by atoms with Crippen LogP contribution in [0.25, 0.3) is 0 Å². The largest absolute Gasteiger partial charge is 0.464 e. The summed E-state index contributed by atoms with van der Waals surface area (Å²) in [6.07, 6.45) is -0.573. The Balaban J connectivity index is 1.78. The average molecular weight is 535 g/mol. The molecule has 13 heteroatoms. The van der Waals surface area contributed by atoms with Crippen LogP contribution in [0.4, 0.5) is 5.69 Å². The molecule has 1 heterocycles. The molecule has 1 saturated heterocycles. The summed E-state index contributed by atoms with van der Waals surface area (Å²) >= 11 is 6.19. The van der Waals surface area contributed by atoms with E-state index in [4.69, 9.17) is 45.3 Å². The zero-order valence-electron chi connectivity index (χ0n) is 20.3. The molecule has 1 amide bonds. The van der Waals surface area contributed by atoms with Crippen LogP contribution in [0.15, 0.2) is 18.2 Å². The van der Waals surface area contributed by atoms with Crippen molar-refractivity contribution in [1.29, 1.82) is 0 Å². The maximum Gasteiger partial charge on any atom is 0.370 e. The van der Waals surface area contributed by atoms with Crippen molar-refractivity contribution in [2.45, 2.75) is 57.1 Å². The first kappa shape index (κ1) is 27.9. The normalized spacial score (nSPS) is 26.2. The van der Waals surface area contributed by atoms with Gasteiger partial charge in [0.2, 0.25) is 0 Å². The Morgan fingerprint density at radius 2 is 1.91 bits per heavy atom. The molecule has 35 heavy (non-hydrogen) atoms. The summed E-state index contributed by atoms with van der Waals surface area (Å²) in [6, 6.07) is 4.37. The van der Waals surface area contributed by atoms with E-state index >= 15 is 0 Å². The van der Waals surface area contributed by atoms with Gasteiger partial charge in [0.05, 0.1) is 35.9 Å². The highest BCUT2D eigenvalue weighted by molar-refractivity contribution is 7.55. The Hall–Kier alpha value is -1.72. The van der Waals surface area contributed by atoms with Crippen LogP contribution in [-0.2, 0) is 37.4 Å². The quantitative estimate of drug-likeness (QED) is 0.261. The molecule has 2 aliphatic rings. The number of hydrogen-bond acceptors (Lipinski definition) is 10. The molecule has 2 fully saturated rings. The molecule has 5 unspecified atom stereocenters.